The van der Waals surface area contributed by atoms with E-state index < -0.39 is 6.04 Å². The molecule has 1 aromatic carbocycles. The standard InChI is InChI=1S/C13H18ClN3O2/c1-7(2)12(15)13(19)17-9-4-5-11(10(14)6-9)16-8(3)18/h4-7,12H,15H2,1-3H3,(H,16,18)(H,17,19). The lowest BCUT2D eigenvalue weighted by molar-refractivity contribution is -0.118. The molecule has 1 rings (SSSR count). The van der Waals surface area contributed by atoms with Gasteiger partial charge in [0.2, 0.25) is 11.8 Å². The first-order valence-electron chi connectivity index (χ1n) is 5.95. The summed E-state index contributed by atoms with van der Waals surface area (Å²) in [6, 6.07) is 4.27. The lowest BCUT2D eigenvalue weighted by Crippen LogP contribution is -2.39. The maximum absolute atomic E-state index is 11.8. The molecule has 1 aromatic rings. The number of nitrogens with two attached hydrogens (primary N) is 1. The third kappa shape index (κ3) is 4.54. The number of hydrogen-bond acceptors (Lipinski definition) is 3. The van der Waals surface area contributed by atoms with Crippen LogP contribution < -0.4 is 16.4 Å². The van der Waals surface area contributed by atoms with Crippen LogP contribution in [0.15, 0.2) is 18.2 Å². The van der Waals surface area contributed by atoms with Gasteiger partial charge in [-0.25, -0.2) is 0 Å². The van der Waals surface area contributed by atoms with Crippen molar-refractivity contribution in [3.8, 4) is 0 Å². The highest BCUT2D eigenvalue weighted by atomic mass is 35.5. The SMILES string of the molecule is CC(=O)Nc1ccc(NC(=O)C(N)C(C)C)cc1Cl. The van der Waals surface area contributed by atoms with Gasteiger partial charge in [0.15, 0.2) is 0 Å². The minimum atomic E-state index is -0.575. The Hall–Kier alpha value is -1.59. The normalized spacial score (nSPS) is 12.1. The second-order valence-electron chi connectivity index (χ2n) is 4.63. The number of nitrogens with one attached hydrogen (secondary N) is 2. The highest BCUT2D eigenvalue weighted by Gasteiger charge is 2.17. The molecule has 1 atom stereocenters. The maximum Gasteiger partial charge on any atom is 0.241 e. The highest BCUT2D eigenvalue weighted by molar-refractivity contribution is 6.34. The number of halogens is 1. The van der Waals surface area contributed by atoms with Gasteiger partial charge in [-0.15, -0.1) is 0 Å². The van der Waals surface area contributed by atoms with Crippen molar-refractivity contribution in [2.45, 2.75) is 26.8 Å². The topological polar surface area (TPSA) is 84.2 Å². The van der Waals surface area contributed by atoms with Crippen LogP contribution >= 0.6 is 11.6 Å². The molecule has 5 nitrogen and oxygen atoms in total. The summed E-state index contributed by atoms with van der Waals surface area (Å²) in [7, 11) is 0. The van der Waals surface area contributed by atoms with E-state index >= 15 is 0 Å². The van der Waals surface area contributed by atoms with E-state index in [9.17, 15) is 9.59 Å². The summed E-state index contributed by atoms with van der Waals surface area (Å²) in [6.07, 6.45) is 0. The molecule has 0 radical (unpaired) electrons. The molecule has 0 bridgehead atoms. The Morgan fingerprint density at radius 2 is 1.89 bits per heavy atom. The molecular weight excluding hydrogens is 266 g/mol. The van der Waals surface area contributed by atoms with Crippen LogP contribution in [-0.2, 0) is 9.59 Å². The Balaban J connectivity index is 2.79. The van der Waals surface area contributed by atoms with Crippen LogP contribution in [0.1, 0.15) is 20.8 Å². The van der Waals surface area contributed by atoms with Gasteiger partial charge in [0, 0.05) is 12.6 Å². The number of rotatable bonds is 4. The van der Waals surface area contributed by atoms with E-state index in [2.05, 4.69) is 10.6 Å². The molecule has 6 heteroatoms. The van der Waals surface area contributed by atoms with E-state index in [1.54, 1.807) is 18.2 Å². The van der Waals surface area contributed by atoms with E-state index in [1.807, 2.05) is 13.8 Å². The second-order valence-corrected chi connectivity index (χ2v) is 5.04. The molecule has 0 aliphatic carbocycles. The number of amides is 2. The molecule has 0 fully saturated rings. The van der Waals surface area contributed by atoms with Crippen LogP contribution in [-0.4, -0.2) is 17.9 Å². The fourth-order valence-electron chi connectivity index (χ4n) is 1.41. The summed E-state index contributed by atoms with van der Waals surface area (Å²) >= 11 is 6.00. The quantitative estimate of drug-likeness (QED) is 0.792. The molecule has 104 valence electrons. The molecule has 1 unspecified atom stereocenters. The van der Waals surface area contributed by atoms with Gasteiger partial charge in [0.25, 0.3) is 0 Å². The molecule has 0 aromatic heterocycles. The first-order chi connectivity index (χ1) is 8.81. The summed E-state index contributed by atoms with van der Waals surface area (Å²) < 4.78 is 0. The third-order valence-corrected chi connectivity index (χ3v) is 2.88. The van der Waals surface area contributed by atoms with Crippen LogP contribution in [0.4, 0.5) is 11.4 Å². The van der Waals surface area contributed by atoms with E-state index in [0.717, 1.165) is 0 Å². The summed E-state index contributed by atoms with van der Waals surface area (Å²) in [5, 5.41) is 5.62. The van der Waals surface area contributed by atoms with Crippen molar-refractivity contribution in [2.75, 3.05) is 10.6 Å². The van der Waals surface area contributed by atoms with E-state index in [1.165, 1.54) is 6.92 Å². The predicted octanol–water partition coefficient (Wildman–Crippen LogP) is 2.22. The molecule has 0 heterocycles. The lowest BCUT2D eigenvalue weighted by atomic mass is 10.0. The van der Waals surface area contributed by atoms with Crippen LogP contribution in [0, 0.1) is 5.92 Å². The van der Waals surface area contributed by atoms with Crippen molar-refractivity contribution in [1.29, 1.82) is 0 Å². The van der Waals surface area contributed by atoms with Crippen LogP contribution in [0.3, 0.4) is 0 Å². The first-order valence-corrected chi connectivity index (χ1v) is 6.32. The van der Waals surface area contributed by atoms with Gasteiger partial charge < -0.3 is 16.4 Å². The van der Waals surface area contributed by atoms with Gasteiger partial charge in [-0.3, -0.25) is 9.59 Å². The summed E-state index contributed by atoms with van der Waals surface area (Å²) in [4.78, 5) is 22.7. The number of carbonyl (C=O) groups excluding carboxylic acids is 2. The largest absolute Gasteiger partial charge is 0.325 e. The van der Waals surface area contributed by atoms with Crippen molar-refractivity contribution in [3.63, 3.8) is 0 Å². The van der Waals surface area contributed by atoms with Crippen molar-refractivity contribution < 1.29 is 9.59 Å². The molecule has 4 N–H and O–H groups in total. The molecule has 0 aliphatic rings. The van der Waals surface area contributed by atoms with Gasteiger partial charge in [-0.1, -0.05) is 25.4 Å². The Morgan fingerprint density at radius 3 is 2.37 bits per heavy atom. The van der Waals surface area contributed by atoms with Gasteiger partial charge in [0.05, 0.1) is 16.8 Å². The van der Waals surface area contributed by atoms with E-state index in [0.29, 0.717) is 16.4 Å². The predicted molar refractivity (Wildman–Crippen MR) is 77.2 cm³/mol. The van der Waals surface area contributed by atoms with Gasteiger partial charge in [-0.05, 0) is 24.1 Å². The van der Waals surface area contributed by atoms with Crippen LogP contribution in [0.25, 0.3) is 0 Å². The average molecular weight is 284 g/mol. The zero-order valence-corrected chi connectivity index (χ0v) is 11.9. The number of hydrogen-bond donors (Lipinski definition) is 3. The maximum atomic E-state index is 11.8. The van der Waals surface area contributed by atoms with E-state index in [-0.39, 0.29) is 17.7 Å². The molecule has 0 saturated carbocycles. The first kappa shape index (κ1) is 15.5. The Morgan fingerprint density at radius 1 is 1.26 bits per heavy atom. The van der Waals surface area contributed by atoms with Gasteiger partial charge >= 0.3 is 0 Å². The van der Waals surface area contributed by atoms with E-state index in [4.69, 9.17) is 17.3 Å². The second kappa shape index (κ2) is 6.54. The smallest absolute Gasteiger partial charge is 0.241 e. The summed E-state index contributed by atoms with van der Waals surface area (Å²) in [6.45, 7) is 5.14. The highest BCUT2D eigenvalue weighted by Crippen LogP contribution is 2.25. The third-order valence-electron chi connectivity index (χ3n) is 2.57. The zero-order chi connectivity index (χ0) is 14.6. The Kier molecular flexibility index (Phi) is 5.32. The van der Waals surface area contributed by atoms with Crippen molar-refractivity contribution in [1.82, 2.24) is 0 Å². The molecule has 2 amide bonds. The molecule has 0 spiro atoms. The fourth-order valence-corrected chi connectivity index (χ4v) is 1.64. The Bertz CT molecular complexity index is 489. The number of anilines is 2. The summed E-state index contributed by atoms with van der Waals surface area (Å²) in [5.74, 6) is -0.423. The average Bonchev–Trinajstić information content (AvgIpc) is 2.31. The van der Waals surface area contributed by atoms with Crippen molar-refractivity contribution in [2.24, 2.45) is 11.7 Å². The summed E-state index contributed by atoms with van der Waals surface area (Å²) in [5.41, 5.74) is 6.78. The number of carbonyl (C=O) groups is 2. The van der Waals surface area contributed by atoms with Crippen molar-refractivity contribution in [3.05, 3.63) is 23.2 Å². The molecular formula is C13H18ClN3O2. The lowest BCUT2D eigenvalue weighted by Gasteiger charge is -2.16. The minimum absolute atomic E-state index is 0.0501. The van der Waals surface area contributed by atoms with Crippen LogP contribution in [0.5, 0.6) is 0 Å². The van der Waals surface area contributed by atoms with Crippen LogP contribution in [0.2, 0.25) is 5.02 Å². The number of benzene rings is 1. The van der Waals surface area contributed by atoms with Crippen molar-refractivity contribution >= 4 is 34.8 Å². The fraction of sp³-hybridized carbons (Fsp3) is 0.385. The van der Waals surface area contributed by atoms with Gasteiger partial charge in [-0.2, -0.15) is 0 Å². The monoisotopic (exact) mass is 283 g/mol. The molecule has 19 heavy (non-hydrogen) atoms. The minimum Gasteiger partial charge on any atom is -0.325 e. The Labute approximate surface area is 117 Å². The molecule has 0 saturated heterocycles. The molecule has 0 aliphatic heterocycles. The zero-order valence-electron chi connectivity index (χ0n) is 11.2. The van der Waals surface area contributed by atoms with Gasteiger partial charge in [0.1, 0.15) is 0 Å².